The molecule has 0 aromatic carbocycles. The molecule has 0 bridgehead atoms. The molecule has 1 atom stereocenters. The van der Waals surface area contributed by atoms with Gasteiger partial charge in [-0.3, -0.25) is 0 Å². The molecule has 0 spiro atoms. The fraction of sp³-hybridized carbons (Fsp3) is 0.562. The molecule has 3 rings (SSSR count). The van der Waals surface area contributed by atoms with Gasteiger partial charge in [-0.2, -0.15) is 0 Å². The van der Waals surface area contributed by atoms with Gasteiger partial charge in [-0.25, -0.2) is 4.98 Å². The third kappa shape index (κ3) is 2.80. The maximum atomic E-state index is 6.02. The van der Waals surface area contributed by atoms with Crippen LogP contribution in [-0.2, 0) is 0 Å². The normalized spacial score (nSPS) is 22.9. The standard InChI is InChI=1S/C16H24N4/c1-18-13-7-8-20(11-13)14-9-15(19-16(17)10-14)12-5-3-2-4-6-12/h5,9-10,13,18H,2-4,6-8,11H2,1H3,(H2,17,19). The van der Waals surface area contributed by atoms with E-state index in [0.29, 0.717) is 11.9 Å². The summed E-state index contributed by atoms with van der Waals surface area (Å²) in [5.74, 6) is 0.636. The molecular formula is C16H24N4. The van der Waals surface area contributed by atoms with Crippen molar-refractivity contribution in [3.63, 3.8) is 0 Å². The van der Waals surface area contributed by atoms with Gasteiger partial charge in [-0.1, -0.05) is 6.08 Å². The fourth-order valence-corrected chi connectivity index (χ4v) is 3.19. The minimum absolute atomic E-state index is 0.585. The average Bonchev–Trinajstić information content (AvgIpc) is 2.96. The van der Waals surface area contributed by atoms with Gasteiger partial charge < -0.3 is 16.0 Å². The third-order valence-corrected chi connectivity index (χ3v) is 4.41. The molecule has 1 aromatic rings. The first kappa shape index (κ1) is 13.4. The highest BCUT2D eigenvalue weighted by atomic mass is 15.2. The molecule has 0 radical (unpaired) electrons. The molecule has 2 aliphatic rings. The lowest BCUT2D eigenvalue weighted by atomic mass is 9.96. The molecule has 1 unspecified atom stereocenters. The summed E-state index contributed by atoms with van der Waals surface area (Å²) < 4.78 is 0. The Balaban J connectivity index is 1.85. The van der Waals surface area contributed by atoms with Gasteiger partial charge in [0.15, 0.2) is 0 Å². The van der Waals surface area contributed by atoms with E-state index in [9.17, 15) is 0 Å². The number of nitrogens with two attached hydrogens (primary N) is 1. The van der Waals surface area contributed by atoms with E-state index in [1.807, 2.05) is 13.1 Å². The van der Waals surface area contributed by atoms with E-state index in [4.69, 9.17) is 5.73 Å². The number of hydrogen-bond acceptors (Lipinski definition) is 4. The number of nitrogens with zero attached hydrogens (tertiary/aromatic N) is 2. The smallest absolute Gasteiger partial charge is 0.126 e. The van der Waals surface area contributed by atoms with Gasteiger partial charge in [-0.05, 0) is 50.8 Å². The number of nitrogen functional groups attached to an aromatic ring is 1. The van der Waals surface area contributed by atoms with Crippen molar-refractivity contribution in [2.24, 2.45) is 0 Å². The molecule has 4 nitrogen and oxygen atoms in total. The highest BCUT2D eigenvalue weighted by Gasteiger charge is 2.22. The first-order valence-corrected chi connectivity index (χ1v) is 7.65. The number of allylic oxidation sites excluding steroid dienone is 2. The van der Waals surface area contributed by atoms with Crippen molar-refractivity contribution in [3.05, 3.63) is 23.9 Å². The third-order valence-electron chi connectivity index (χ3n) is 4.41. The predicted octanol–water partition coefficient (Wildman–Crippen LogP) is 2.42. The summed E-state index contributed by atoms with van der Waals surface area (Å²) in [7, 11) is 2.04. The van der Waals surface area contributed by atoms with E-state index in [1.54, 1.807) is 0 Å². The van der Waals surface area contributed by atoms with Gasteiger partial charge in [-0.15, -0.1) is 0 Å². The summed E-state index contributed by atoms with van der Waals surface area (Å²) in [6, 6.07) is 4.80. The van der Waals surface area contributed by atoms with Gasteiger partial charge in [0.1, 0.15) is 5.82 Å². The van der Waals surface area contributed by atoms with Crippen LogP contribution in [-0.4, -0.2) is 31.2 Å². The molecule has 2 heterocycles. The van der Waals surface area contributed by atoms with Crippen LogP contribution < -0.4 is 16.0 Å². The summed E-state index contributed by atoms with van der Waals surface area (Å²) in [6.45, 7) is 2.14. The van der Waals surface area contributed by atoms with Crippen molar-refractivity contribution in [2.75, 3.05) is 30.8 Å². The Morgan fingerprint density at radius 2 is 2.25 bits per heavy atom. The molecule has 1 saturated heterocycles. The Morgan fingerprint density at radius 1 is 1.35 bits per heavy atom. The number of likely N-dealkylation sites (N-methyl/N-ethyl adjacent to an activating group) is 1. The van der Waals surface area contributed by atoms with Gasteiger partial charge in [0.05, 0.1) is 5.69 Å². The maximum Gasteiger partial charge on any atom is 0.126 e. The molecule has 0 saturated carbocycles. The lowest BCUT2D eigenvalue weighted by molar-refractivity contribution is 0.617. The molecule has 3 N–H and O–H groups in total. The molecule has 1 aromatic heterocycles. The summed E-state index contributed by atoms with van der Waals surface area (Å²) in [5, 5.41) is 3.36. The lowest BCUT2D eigenvalue weighted by Gasteiger charge is -2.21. The van der Waals surface area contributed by atoms with E-state index in [-0.39, 0.29) is 0 Å². The summed E-state index contributed by atoms with van der Waals surface area (Å²) in [5.41, 5.74) is 9.69. The zero-order chi connectivity index (χ0) is 13.9. The minimum Gasteiger partial charge on any atom is -0.384 e. The number of hydrogen-bond donors (Lipinski definition) is 2. The van der Waals surface area contributed by atoms with E-state index in [1.165, 1.54) is 36.9 Å². The second kappa shape index (κ2) is 5.83. The Kier molecular flexibility index (Phi) is 3.92. The van der Waals surface area contributed by atoms with Crippen LogP contribution in [0.1, 0.15) is 37.8 Å². The SMILES string of the molecule is CNC1CCN(c2cc(N)nc(C3=CCCCC3)c2)C1. The van der Waals surface area contributed by atoms with Crippen LogP contribution in [0.2, 0.25) is 0 Å². The molecule has 1 aliphatic carbocycles. The average molecular weight is 272 g/mol. The monoisotopic (exact) mass is 272 g/mol. The predicted molar refractivity (Wildman–Crippen MR) is 84.8 cm³/mol. The van der Waals surface area contributed by atoms with Crippen molar-refractivity contribution in [2.45, 2.75) is 38.1 Å². The van der Waals surface area contributed by atoms with Crippen LogP contribution >= 0.6 is 0 Å². The van der Waals surface area contributed by atoms with Crippen LogP contribution in [0.5, 0.6) is 0 Å². The molecule has 20 heavy (non-hydrogen) atoms. The summed E-state index contributed by atoms with van der Waals surface area (Å²) in [6.07, 6.45) is 8.39. The number of nitrogens with one attached hydrogen (secondary N) is 1. The van der Waals surface area contributed by atoms with Crippen LogP contribution in [0.25, 0.3) is 5.57 Å². The number of aromatic nitrogens is 1. The molecule has 0 amide bonds. The topological polar surface area (TPSA) is 54.2 Å². The molecular weight excluding hydrogens is 248 g/mol. The summed E-state index contributed by atoms with van der Waals surface area (Å²) in [4.78, 5) is 6.94. The van der Waals surface area contributed by atoms with E-state index >= 15 is 0 Å². The van der Waals surface area contributed by atoms with Crippen LogP contribution in [0.15, 0.2) is 18.2 Å². The second-order valence-corrected chi connectivity index (χ2v) is 5.83. The molecule has 4 heteroatoms. The number of pyridine rings is 1. The Morgan fingerprint density at radius 3 is 2.95 bits per heavy atom. The van der Waals surface area contributed by atoms with Crippen molar-refractivity contribution < 1.29 is 0 Å². The number of anilines is 2. The highest BCUT2D eigenvalue weighted by Crippen LogP contribution is 2.30. The summed E-state index contributed by atoms with van der Waals surface area (Å²) >= 11 is 0. The lowest BCUT2D eigenvalue weighted by Crippen LogP contribution is -2.29. The number of rotatable bonds is 3. The molecule has 1 aliphatic heterocycles. The fourth-order valence-electron chi connectivity index (χ4n) is 3.19. The zero-order valence-electron chi connectivity index (χ0n) is 12.2. The van der Waals surface area contributed by atoms with E-state index < -0.39 is 0 Å². The first-order chi connectivity index (χ1) is 9.76. The largest absolute Gasteiger partial charge is 0.384 e. The minimum atomic E-state index is 0.585. The van der Waals surface area contributed by atoms with Crippen LogP contribution in [0.4, 0.5) is 11.5 Å². The quantitative estimate of drug-likeness (QED) is 0.887. The zero-order valence-corrected chi connectivity index (χ0v) is 12.2. The Hall–Kier alpha value is -1.55. The van der Waals surface area contributed by atoms with Crippen molar-refractivity contribution in [1.82, 2.24) is 10.3 Å². The van der Waals surface area contributed by atoms with Crippen molar-refractivity contribution in [3.8, 4) is 0 Å². The molecule has 1 fully saturated rings. The van der Waals surface area contributed by atoms with Crippen LogP contribution in [0.3, 0.4) is 0 Å². The van der Waals surface area contributed by atoms with Gasteiger partial charge in [0, 0.05) is 30.9 Å². The van der Waals surface area contributed by atoms with Crippen LogP contribution in [0, 0.1) is 0 Å². The van der Waals surface area contributed by atoms with Crippen molar-refractivity contribution >= 4 is 17.1 Å². The van der Waals surface area contributed by atoms with Gasteiger partial charge in [0.2, 0.25) is 0 Å². The van der Waals surface area contributed by atoms with E-state index in [0.717, 1.165) is 25.2 Å². The van der Waals surface area contributed by atoms with Gasteiger partial charge in [0.25, 0.3) is 0 Å². The maximum absolute atomic E-state index is 6.02. The Bertz CT molecular complexity index is 509. The van der Waals surface area contributed by atoms with E-state index in [2.05, 4.69) is 27.3 Å². The first-order valence-electron chi connectivity index (χ1n) is 7.65. The second-order valence-electron chi connectivity index (χ2n) is 5.83. The highest BCUT2D eigenvalue weighted by molar-refractivity contribution is 5.69. The van der Waals surface area contributed by atoms with Crippen molar-refractivity contribution in [1.29, 1.82) is 0 Å². The Labute approximate surface area is 121 Å². The molecule has 108 valence electrons. The van der Waals surface area contributed by atoms with Gasteiger partial charge >= 0.3 is 0 Å².